The van der Waals surface area contributed by atoms with Crippen LogP contribution in [-0.2, 0) is 30.1 Å². The van der Waals surface area contributed by atoms with Crippen LogP contribution in [0, 0.1) is 39.0 Å². The van der Waals surface area contributed by atoms with E-state index in [1.165, 1.54) is 0 Å². The average Bonchev–Trinajstić information content (AvgIpc) is 3.39. The second-order valence-electron chi connectivity index (χ2n) is 7.22. The molecule has 1 aliphatic carbocycles. The van der Waals surface area contributed by atoms with Gasteiger partial charge in [-0.1, -0.05) is 78.4 Å². The maximum Gasteiger partial charge on any atom is 0.241 e. The van der Waals surface area contributed by atoms with Crippen molar-refractivity contribution in [3.05, 3.63) is 134 Å². The summed E-state index contributed by atoms with van der Waals surface area (Å²) in [6, 6.07) is 24.6. The fraction of sp³-hybridized carbons (Fsp3) is 0.115. The zero-order valence-corrected chi connectivity index (χ0v) is 22.1. The van der Waals surface area contributed by atoms with Crippen LogP contribution in [0.3, 0.4) is 0 Å². The third-order valence-electron chi connectivity index (χ3n) is 4.87. The number of halogens is 1. The van der Waals surface area contributed by atoms with Crippen LogP contribution in [0.2, 0.25) is 0 Å². The first-order chi connectivity index (χ1) is 15.0. The zero-order chi connectivity index (χ0) is 22.1. The van der Waals surface area contributed by atoms with E-state index < -0.39 is 22.1 Å². The van der Waals surface area contributed by atoms with Gasteiger partial charge in [0.25, 0.3) is 0 Å². The fourth-order valence-electron chi connectivity index (χ4n) is 3.15. The molecular weight excluding hydrogens is 632 g/mol. The van der Waals surface area contributed by atoms with Crippen LogP contribution in [0.4, 0.5) is 0 Å². The van der Waals surface area contributed by atoms with Crippen molar-refractivity contribution in [2.24, 2.45) is 5.73 Å². The molecule has 33 heavy (non-hydrogen) atoms. The van der Waals surface area contributed by atoms with Gasteiger partial charge in [0.15, 0.2) is 0 Å². The van der Waals surface area contributed by atoms with Crippen LogP contribution in [0.5, 0.6) is 0 Å². The van der Waals surface area contributed by atoms with E-state index in [4.69, 9.17) is 5.73 Å². The van der Waals surface area contributed by atoms with Gasteiger partial charge in [0, 0.05) is 20.1 Å². The summed E-state index contributed by atoms with van der Waals surface area (Å²) in [6.07, 6.45) is 10.0. The van der Waals surface area contributed by atoms with Crippen molar-refractivity contribution in [3.8, 4) is 0 Å². The van der Waals surface area contributed by atoms with Crippen molar-refractivity contribution in [3.63, 3.8) is 0 Å². The van der Waals surface area contributed by atoms with Crippen molar-refractivity contribution >= 4 is 10.0 Å². The number of benzene rings is 3. The van der Waals surface area contributed by atoms with Crippen molar-refractivity contribution in [1.82, 2.24) is 4.72 Å². The Bertz CT molecular complexity index is 1020. The maximum atomic E-state index is 12.9. The number of nitrogens with one attached hydrogen (secondary N) is 1. The molecule has 0 aromatic heterocycles. The van der Waals surface area contributed by atoms with E-state index in [2.05, 4.69) is 4.72 Å². The Kier molecular flexibility index (Phi) is 13.1. The van der Waals surface area contributed by atoms with Crippen molar-refractivity contribution in [1.29, 1.82) is 0 Å². The summed E-state index contributed by atoms with van der Waals surface area (Å²) in [7, 11) is -3.71. The van der Waals surface area contributed by atoms with E-state index in [1.54, 1.807) is 24.3 Å². The summed E-state index contributed by atoms with van der Waals surface area (Å²) < 4.78 is 28.6. The number of hydrogen-bond donors (Lipinski definition) is 2. The quantitative estimate of drug-likeness (QED) is 0.424. The van der Waals surface area contributed by atoms with E-state index >= 15 is 0 Å². The van der Waals surface area contributed by atoms with Crippen LogP contribution in [0.25, 0.3) is 0 Å². The van der Waals surface area contributed by atoms with E-state index in [0.29, 0.717) is 0 Å². The van der Waals surface area contributed by atoms with Gasteiger partial charge in [-0.3, -0.25) is 0 Å². The summed E-state index contributed by atoms with van der Waals surface area (Å²) in [5, 5.41) is 0. The predicted molar refractivity (Wildman–Crippen MR) is 126 cm³/mol. The van der Waals surface area contributed by atoms with Gasteiger partial charge in [-0.25, -0.2) is 13.1 Å². The Hall–Kier alpha value is -1.53. The topological polar surface area (TPSA) is 72.2 Å². The van der Waals surface area contributed by atoms with Gasteiger partial charge in [0.2, 0.25) is 10.0 Å². The Morgan fingerprint density at radius 2 is 1.12 bits per heavy atom. The Morgan fingerprint density at radius 3 is 1.58 bits per heavy atom. The molecule has 4 rings (SSSR count). The van der Waals surface area contributed by atoms with Crippen LogP contribution < -0.4 is 22.9 Å². The van der Waals surface area contributed by atoms with Crippen LogP contribution in [0.1, 0.15) is 28.8 Å². The molecule has 3 N–H and O–H groups in total. The first-order valence-electron chi connectivity index (χ1n) is 10.1. The molecule has 0 heterocycles. The van der Waals surface area contributed by atoms with E-state index in [-0.39, 0.29) is 37.4 Å². The van der Waals surface area contributed by atoms with Crippen molar-refractivity contribution in [2.75, 3.05) is 0 Å². The number of nitrogens with two attached hydrogens (primary N) is 1. The minimum Gasteiger partial charge on any atom is -1.00 e. The molecule has 3 aromatic carbocycles. The first-order valence-corrected chi connectivity index (χ1v) is 11.6. The Morgan fingerprint density at radius 1 is 0.697 bits per heavy atom. The molecule has 6 radical (unpaired) electrons. The van der Waals surface area contributed by atoms with Crippen LogP contribution >= 0.6 is 0 Å². The van der Waals surface area contributed by atoms with Gasteiger partial charge in [-0.15, -0.1) is 0 Å². The smallest absolute Gasteiger partial charge is 0.241 e. The second kappa shape index (κ2) is 14.7. The molecule has 0 unspecified atom stereocenters. The summed E-state index contributed by atoms with van der Waals surface area (Å²) in [6.45, 7) is 1.92. The SMILES string of the molecule is Cc1ccc(S(=O)(=O)N[C@H](c2ccccc2)[C@H](N)c2ccccc2)cc1.[CH]1[CH][CH][CH][CH]1.[Cl-].[Ir]. The van der Waals surface area contributed by atoms with E-state index in [9.17, 15) is 8.42 Å². The van der Waals surface area contributed by atoms with Gasteiger partial charge in [-0.05, 0) is 62.3 Å². The van der Waals surface area contributed by atoms with Crippen LogP contribution in [0.15, 0.2) is 89.8 Å². The molecule has 3 aromatic rings. The molecule has 7 heteroatoms. The monoisotopic (exact) mass is 659 g/mol. The molecule has 2 atom stereocenters. The second-order valence-corrected chi connectivity index (χ2v) is 8.94. The molecule has 0 amide bonds. The summed E-state index contributed by atoms with van der Waals surface area (Å²) in [5.41, 5.74) is 9.15. The minimum atomic E-state index is -3.71. The van der Waals surface area contributed by atoms with Crippen molar-refractivity contribution in [2.45, 2.75) is 23.9 Å². The molecule has 0 bridgehead atoms. The number of aryl methyl sites for hydroxylation is 1. The number of rotatable bonds is 6. The number of hydrogen-bond acceptors (Lipinski definition) is 3. The molecule has 1 fully saturated rings. The van der Waals surface area contributed by atoms with Gasteiger partial charge in [-0.2, -0.15) is 0 Å². The van der Waals surface area contributed by atoms with Crippen molar-refractivity contribution < 1.29 is 40.9 Å². The van der Waals surface area contributed by atoms with E-state index in [0.717, 1.165) is 16.7 Å². The average molecular weight is 659 g/mol. The Labute approximate surface area is 218 Å². The summed E-state index contributed by atoms with van der Waals surface area (Å²) in [4.78, 5) is 0.226. The summed E-state index contributed by atoms with van der Waals surface area (Å²) >= 11 is 0. The third kappa shape index (κ3) is 8.97. The first kappa shape index (κ1) is 29.5. The van der Waals surface area contributed by atoms with Gasteiger partial charge in [0.05, 0.1) is 17.0 Å². The molecular formula is C26H27ClIrN2O2S-. The molecule has 0 aliphatic heterocycles. The largest absolute Gasteiger partial charge is 1.00 e. The zero-order valence-electron chi connectivity index (χ0n) is 18.1. The molecule has 4 nitrogen and oxygen atoms in total. The van der Waals surface area contributed by atoms with Crippen LogP contribution in [-0.4, -0.2) is 8.42 Å². The summed E-state index contributed by atoms with van der Waals surface area (Å²) in [5.74, 6) is 0. The maximum absolute atomic E-state index is 12.9. The molecule has 0 saturated heterocycles. The number of sulfonamides is 1. The molecule has 1 aliphatic rings. The van der Waals surface area contributed by atoms with Gasteiger partial charge >= 0.3 is 0 Å². The molecule has 176 valence electrons. The normalized spacial score (nSPS) is 14.6. The predicted octanol–water partition coefficient (Wildman–Crippen LogP) is 1.74. The van der Waals surface area contributed by atoms with Gasteiger partial charge < -0.3 is 18.1 Å². The van der Waals surface area contributed by atoms with Gasteiger partial charge in [0.1, 0.15) is 0 Å². The standard InChI is InChI=1S/C21H22N2O2S.C5H5.ClH.Ir/c1-16-12-14-19(15-13-16)26(24,25)23-21(18-10-6-3-7-11-18)20(22)17-8-4-2-5-9-17;1-2-4-5-3-1;;/h2-15,20-21,23H,22H2,1H3;1-5H;1H;/p-1/t20-,21-;;;/m1.../s1. The fourth-order valence-corrected chi connectivity index (χ4v) is 4.40. The molecule has 1 saturated carbocycles. The minimum absolute atomic E-state index is 0. The molecule has 0 spiro atoms. The van der Waals surface area contributed by atoms with E-state index in [1.807, 2.05) is 99.7 Å². The Balaban J connectivity index is 0.000000689. The third-order valence-corrected chi connectivity index (χ3v) is 6.33.